The number of halogens is 6. The van der Waals surface area contributed by atoms with Gasteiger partial charge in [0.1, 0.15) is 5.69 Å². The van der Waals surface area contributed by atoms with Gasteiger partial charge in [0, 0.05) is 36.1 Å². The average Bonchev–Trinajstić information content (AvgIpc) is 3.60. The monoisotopic (exact) mass is 840 g/mol. The first kappa shape index (κ1) is 41.1. The summed E-state index contributed by atoms with van der Waals surface area (Å²) in [6, 6.07) is 12.3. The van der Waals surface area contributed by atoms with E-state index in [-0.39, 0.29) is 11.7 Å². The standard InChI is InChI=1S/C19H16F3N5O2.C6H3F3N.3C4H9.Sn/c20-19(21,22)11-5-6-15(23-9-11)16-13-3-1-2-4-14(13)17(26-25-16)24-12-7-8-27(10-12)18(28)29;7-6(8,9)5-2-1-3-10-4-5;3*1-3-4-2;/h1-6,9,12H,7-8,10H2,(H,24,26)(H,28,29);1-2,4H;3*1,3-4H2,2H3;. The summed E-state index contributed by atoms with van der Waals surface area (Å²) >= 11 is -2.68. The Kier molecular flexibility index (Phi) is 14.5. The van der Waals surface area contributed by atoms with Crippen molar-refractivity contribution in [2.45, 2.75) is 97.4 Å². The molecule has 4 aromatic rings. The molecule has 1 fully saturated rings. The zero-order valence-electron chi connectivity index (χ0n) is 29.7. The van der Waals surface area contributed by atoms with E-state index in [1.807, 2.05) is 12.1 Å². The molecule has 0 radical (unpaired) electrons. The number of fused-ring (bicyclic) bond motifs is 1. The fraction of sp³-hybridized carbons (Fsp3) is 0.486. The van der Waals surface area contributed by atoms with Crippen LogP contribution in [0.4, 0.5) is 37.0 Å². The summed E-state index contributed by atoms with van der Waals surface area (Å²) in [6.07, 6.45) is -0.226. The molecule has 1 saturated heterocycles. The molecule has 2 N–H and O–H groups in total. The first-order chi connectivity index (χ1) is 24.7. The van der Waals surface area contributed by atoms with E-state index < -0.39 is 47.9 Å². The third-order valence-electron chi connectivity index (χ3n) is 9.48. The molecule has 0 saturated carbocycles. The molecule has 1 aromatic carbocycles. The zero-order chi connectivity index (χ0) is 37.9. The predicted octanol–water partition coefficient (Wildman–Crippen LogP) is 10.0. The number of nitrogens with one attached hydrogen (secondary N) is 1. The second-order valence-corrected chi connectivity index (χ2v) is 26.3. The molecule has 52 heavy (non-hydrogen) atoms. The summed E-state index contributed by atoms with van der Waals surface area (Å²) < 4.78 is 81.5. The van der Waals surface area contributed by atoms with Crippen LogP contribution < -0.4 is 9.03 Å². The Hall–Kier alpha value is -3.69. The van der Waals surface area contributed by atoms with Gasteiger partial charge in [-0.15, -0.1) is 10.2 Å². The minimum absolute atomic E-state index is 0.0983. The number of alkyl halides is 6. The van der Waals surface area contributed by atoms with Gasteiger partial charge in [0.2, 0.25) is 0 Å². The zero-order valence-corrected chi connectivity index (χ0v) is 32.5. The van der Waals surface area contributed by atoms with Crippen LogP contribution in [0.2, 0.25) is 13.3 Å². The maximum Gasteiger partial charge on any atom is 0.417 e. The van der Waals surface area contributed by atoms with E-state index in [9.17, 15) is 31.1 Å². The molecule has 0 bridgehead atoms. The largest absolute Gasteiger partial charge is 0.465 e. The van der Waals surface area contributed by atoms with Gasteiger partial charge in [-0.2, -0.15) is 13.2 Å². The van der Waals surface area contributed by atoms with Crippen LogP contribution >= 0.6 is 0 Å². The van der Waals surface area contributed by atoms with Gasteiger partial charge in [-0.3, -0.25) is 4.98 Å². The molecular formula is C37H46F6N6O2Sn. The van der Waals surface area contributed by atoms with E-state index in [2.05, 4.69) is 46.3 Å². The van der Waals surface area contributed by atoms with Gasteiger partial charge in [-0.1, -0.05) is 24.3 Å². The second-order valence-electron chi connectivity index (χ2n) is 13.3. The van der Waals surface area contributed by atoms with E-state index in [4.69, 9.17) is 5.11 Å². The smallest absolute Gasteiger partial charge is 0.417 e. The Morgan fingerprint density at radius 2 is 1.37 bits per heavy atom. The number of aromatic nitrogens is 4. The number of likely N-dealkylation sites (tertiary alicyclic amines) is 1. The first-order valence-electron chi connectivity index (χ1n) is 17.8. The fourth-order valence-corrected chi connectivity index (χ4v) is 21.9. The van der Waals surface area contributed by atoms with Crippen LogP contribution in [0, 0.1) is 0 Å². The van der Waals surface area contributed by atoms with Crippen LogP contribution in [0.1, 0.15) is 76.8 Å². The first-order valence-corrected chi connectivity index (χ1v) is 25.3. The van der Waals surface area contributed by atoms with Crippen molar-refractivity contribution in [2.75, 3.05) is 18.4 Å². The number of pyridine rings is 2. The summed E-state index contributed by atoms with van der Waals surface area (Å²) in [5, 5.41) is 22.1. The Labute approximate surface area is 304 Å². The summed E-state index contributed by atoms with van der Waals surface area (Å²) in [5.74, 6) is 0.494. The van der Waals surface area contributed by atoms with E-state index in [1.54, 1.807) is 18.2 Å². The molecule has 1 aliphatic heterocycles. The Morgan fingerprint density at radius 1 is 0.808 bits per heavy atom. The fourth-order valence-electron chi connectivity index (χ4n) is 6.53. The quantitative estimate of drug-likeness (QED) is 0.102. The van der Waals surface area contributed by atoms with Gasteiger partial charge in [0.05, 0.1) is 11.3 Å². The number of nitrogens with zero attached hydrogens (tertiary/aromatic N) is 5. The molecule has 1 aliphatic rings. The molecule has 0 spiro atoms. The van der Waals surface area contributed by atoms with Crippen molar-refractivity contribution in [3.8, 4) is 11.4 Å². The molecular weight excluding hydrogens is 793 g/mol. The number of anilines is 1. The number of unbranched alkanes of at least 4 members (excludes halogenated alkanes) is 3. The number of carbonyl (C=O) groups is 1. The topological polar surface area (TPSA) is 104 Å². The van der Waals surface area contributed by atoms with Gasteiger partial charge < -0.3 is 15.3 Å². The van der Waals surface area contributed by atoms with Gasteiger partial charge in [0.15, 0.2) is 5.82 Å². The van der Waals surface area contributed by atoms with Crippen molar-refractivity contribution in [3.63, 3.8) is 0 Å². The number of carboxylic acid groups (broad SMARTS) is 1. The Balaban J connectivity index is 0.000000240. The predicted molar refractivity (Wildman–Crippen MR) is 193 cm³/mol. The Morgan fingerprint density at radius 3 is 1.83 bits per heavy atom. The van der Waals surface area contributed by atoms with Crippen molar-refractivity contribution >= 4 is 44.8 Å². The Bertz CT molecular complexity index is 1720. The number of amides is 1. The molecule has 15 heteroatoms. The van der Waals surface area contributed by atoms with Gasteiger partial charge in [0.25, 0.3) is 0 Å². The molecule has 3 aromatic heterocycles. The molecule has 282 valence electrons. The van der Waals surface area contributed by atoms with Crippen LogP contribution in [0.5, 0.6) is 0 Å². The maximum absolute atomic E-state index is 12.8. The summed E-state index contributed by atoms with van der Waals surface area (Å²) in [4.78, 5) is 20.7. The molecule has 5 rings (SSSR count). The number of rotatable bonds is 13. The minimum atomic E-state index is -4.46. The molecule has 1 amide bonds. The van der Waals surface area contributed by atoms with E-state index >= 15 is 0 Å². The van der Waals surface area contributed by atoms with Crippen LogP contribution in [0.25, 0.3) is 22.2 Å². The number of benzene rings is 1. The van der Waals surface area contributed by atoms with Crippen molar-refractivity contribution in [3.05, 3.63) is 72.1 Å². The molecule has 1 atom stereocenters. The molecule has 8 nitrogen and oxygen atoms in total. The van der Waals surface area contributed by atoms with Crippen LogP contribution in [-0.2, 0) is 12.4 Å². The summed E-state index contributed by atoms with van der Waals surface area (Å²) in [6.45, 7) is 7.35. The van der Waals surface area contributed by atoms with E-state index in [0.717, 1.165) is 46.8 Å². The third kappa shape index (κ3) is 10.7. The molecule has 4 heterocycles. The van der Waals surface area contributed by atoms with Crippen LogP contribution in [-0.4, -0.2) is 73.8 Å². The van der Waals surface area contributed by atoms with Crippen molar-refractivity contribution < 1.29 is 36.2 Å². The van der Waals surface area contributed by atoms with Crippen molar-refractivity contribution in [1.82, 2.24) is 25.1 Å². The van der Waals surface area contributed by atoms with Gasteiger partial charge in [-0.25, -0.2) is 4.79 Å². The van der Waals surface area contributed by atoms with Crippen LogP contribution in [0.3, 0.4) is 0 Å². The number of hydrogen-bond acceptors (Lipinski definition) is 6. The maximum atomic E-state index is 12.8. The van der Waals surface area contributed by atoms with Gasteiger partial charge in [-0.05, 0) is 18.6 Å². The SMILES string of the molecule is CCC[CH2][Sn]([CH2]CCC)([CH2]CCC)[c]1ccc(C(F)(F)F)cn1.O=C(O)N1CCC(Nc2nnc(-c3ccc(C(F)(F)F)cn3)c3ccccc23)C1. The average molecular weight is 840 g/mol. The van der Waals surface area contributed by atoms with Crippen molar-refractivity contribution in [1.29, 1.82) is 0 Å². The molecule has 0 aliphatic carbocycles. The number of hydrogen-bond donors (Lipinski definition) is 2. The van der Waals surface area contributed by atoms with E-state index in [0.29, 0.717) is 36.4 Å². The summed E-state index contributed by atoms with van der Waals surface area (Å²) in [5.41, 5.74) is -0.798. The second kappa shape index (κ2) is 18.4. The summed E-state index contributed by atoms with van der Waals surface area (Å²) in [7, 11) is 0. The molecule has 1 unspecified atom stereocenters. The van der Waals surface area contributed by atoms with Crippen LogP contribution in [0.15, 0.2) is 60.9 Å². The minimum Gasteiger partial charge on any atom is -0.465 e. The van der Waals surface area contributed by atoms with E-state index in [1.165, 1.54) is 49.6 Å². The normalized spacial score (nSPS) is 15.0. The van der Waals surface area contributed by atoms with Gasteiger partial charge >= 0.3 is 155 Å². The van der Waals surface area contributed by atoms with Crippen molar-refractivity contribution in [2.24, 2.45) is 0 Å². The third-order valence-corrected chi connectivity index (χ3v) is 24.6.